The molecule has 1 heterocycles. The number of hydrogen-bond donors (Lipinski definition) is 2. The van der Waals surface area contributed by atoms with Crippen LogP contribution >= 0.6 is 0 Å². The molecule has 2 aromatic carbocycles. The number of carboxylic acid groups (broad SMARTS) is 1. The van der Waals surface area contributed by atoms with Gasteiger partial charge in [0, 0.05) is 25.6 Å². The third-order valence-corrected chi connectivity index (χ3v) is 6.89. The van der Waals surface area contributed by atoms with Crippen LogP contribution in [0, 0.1) is 17.3 Å². The number of amides is 2. The fourth-order valence-electron chi connectivity index (χ4n) is 5.14. The number of likely N-dealkylation sites (tertiary alicyclic amines) is 1. The molecule has 0 bridgehead atoms. The summed E-state index contributed by atoms with van der Waals surface area (Å²) in [6, 6.07) is 16.3. The number of carbonyl (C=O) groups excluding carboxylic acids is 2. The summed E-state index contributed by atoms with van der Waals surface area (Å²) in [5.41, 5.74) is 3.72. The van der Waals surface area contributed by atoms with E-state index in [-0.39, 0.29) is 37.4 Å². The van der Waals surface area contributed by atoms with E-state index in [1.165, 1.54) is 0 Å². The first kappa shape index (κ1) is 23.8. The van der Waals surface area contributed by atoms with Gasteiger partial charge in [0.15, 0.2) is 0 Å². The van der Waals surface area contributed by atoms with Crippen molar-refractivity contribution in [3.05, 3.63) is 59.7 Å². The maximum absolute atomic E-state index is 13.1. The van der Waals surface area contributed by atoms with Crippen LogP contribution in [0.3, 0.4) is 0 Å². The maximum Gasteiger partial charge on any atom is 0.407 e. The largest absolute Gasteiger partial charge is 0.481 e. The molecular formula is C27H32N2O5. The van der Waals surface area contributed by atoms with Gasteiger partial charge < -0.3 is 20.1 Å². The number of benzene rings is 2. The fraction of sp³-hybridized carbons (Fsp3) is 0.444. The van der Waals surface area contributed by atoms with E-state index in [1.54, 1.807) is 18.7 Å². The molecule has 0 aromatic heterocycles. The highest BCUT2D eigenvalue weighted by molar-refractivity contribution is 5.84. The lowest BCUT2D eigenvalue weighted by Crippen LogP contribution is -2.52. The normalized spacial score (nSPS) is 19.8. The second-order valence-corrected chi connectivity index (χ2v) is 10.1. The molecule has 1 fully saturated rings. The van der Waals surface area contributed by atoms with Gasteiger partial charge in [-0.2, -0.15) is 0 Å². The molecule has 1 aliphatic heterocycles. The van der Waals surface area contributed by atoms with Crippen molar-refractivity contribution in [1.29, 1.82) is 0 Å². The summed E-state index contributed by atoms with van der Waals surface area (Å²) < 4.78 is 5.57. The molecule has 1 saturated heterocycles. The van der Waals surface area contributed by atoms with Gasteiger partial charge in [0.05, 0.1) is 11.3 Å². The van der Waals surface area contributed by atoms with Gasteiger partial charge in [-0.3, -0.25) is 9.59 Å². The summed E-state index contributed by atoms with van der Waals surface area (Å²) in [4.78, 5) is 38.7. The van der Waals surface area contributed by atoms with Crippen molar-refractivity contribution in [2.24, 2.45) is 17.3 Å². The van der Waals surface area contributed by atoms with Crippen molar-refractivity contribution >= 4 is 18.0 Å². The third-order valence-electron chi connectivity index (χ3n) is 6.89. The van der Waals surface area contributed by atoms with Crippen LogP contribution < -0.4 is 5.32 Å². The highest BCUT2D eigenvalue weighted by Crippen LogP contribution is 2.44. The first-order chi connectivity index (χ1) is 16.2. The fourth-order valence-corrected chi connectivity index (χ4v) is 5.14. The topological polar surface area (TPSA) is 95.9 Å². The van der Waals surface area contributed by atoms with Gasteiger partial charge in [-0.25, -0.2) is 4.79 Å². The third kappa shape index (κ3) is 4.79. The minimum Gasteiger partial charge on any atom is -0.481 e. The molecule has 0 spiro atoms. The number of carboxylic acids is 1. The van der Waals surface area contributed by atoms with Gasteiger partial charge in [-0.05, 0) is 48.4 Å². The Morgan fingerprint density at radius 2 is 1.62 bits per heavy atom. The average Bonchev–Trinajstić information content (AvgIpc) is 3.14. The van der Waals surface area contributed by atoms with Gasteiger partial charge in [-0.1, -0.05) is 55.5 Å². The van der Waals surface area contributed by atoms with Crippen LogP contribution in [0.15, 0.2) is 48.5 Å². The summed E-state index contributed by atoms with van der Waals surface area (Å²) in [5, 5.41) is 12.1. The van der Waals surface area contributed by atoms with E-state index in [2.05, 4.69) is 29.6 Å². The number of nitrogens with one attached hydrogen (secondary N) is 1. The lowest BCUT2D eigenvalue weighted by molar-refractivity contribution is -0.150. The van der Waals surface area contributed by atoms with Gasteiger partial charge in [0.2, 0.25) is 5.91 Å². The highest BCUT2D eigenvalue weighted by atomic mass is 16.5. The summed E-state index contributed by atoms with van der Waals surface area (Å²) >= 11 is 0. The molecule has 2 amide bonds. The highest BCUT2D eigenvalue weighted by Gasteiger charge is 2.38. The molecule has 4 rings (SSSR count). The van der Waals surface area contributed by atoms with Crippen LogP contribution in [0.25, 0.3) is 11.1 Å². The van der Waals surface area contributed by atoms with Gasteiger partial charge in [-0.15, -0.1) is 0 Å². The van der Waals surface area contributed by atoms with Crippen LogP contribution in [0.1, 0.15) is 44.2 Å². The first-order valence-electron chi connectivity index (χ1n) is 11.8. The van der Waals surface area contributed by atoms with Gasteiger partial charge in [0.1, 0.15) is 6.61 Å². The predicted octanol–water partition coefficient (Wildman–Crippen LogP) is 4.12. The van der Waals surface area contributed by atoms with Crippen molar-refractivity contribution in [2.75, 3.05) is 26.2 Å². The van der Waals surface area contributed by atoms with Crippen LogP contribution in [0.5, 0.6) is 0 Å². The molecule has 2 atom stereocenters. The van der Waals surface area contributed by atoms with Crippen LogP contribution in [-0.2, 0) is 14.3 Å². The minimum atomic E-state index is -0.883. The molecule has 2 aliphatic rings. The molecule has 34 heavy (non-hydrogen) atoms. The number of nitrogens with zero attached hydrogens (tertiary/aromatic N) is 1. The van der Waals surface area contributed by atoms with Crippen molar-refractivity contribution < 1.29 is 24.2 Å². The Morgan fingerprint density at radius 3 is 2.21 bits per heavy atom. The lowest BCUT2D eigenvalue weighted by Gasteiger charge is -2.39. The number of fused-ring (bicyclic) bond motifs is 3. The number of aliphatic carboxylic acids is 1. The second-order valence-electron chi connectivity index (χ2n) is 10.1. The smallest absolute Gasteiger partial charge is 0.407 e. The van der Waals surface area contributed by atoms with E-state index < -0.39 is 23.4 Å². The van der Waals surface area contributed by atoms with Crippen molar-refractivity contribution in [3.8, 4) is 11.1 Å². The Kier molecular flexibility index (Phi) is 6.64. The van der Waals surface area contributed by atoms with E-state index in [0.29, 0.717) is 13.0 Å². The lowest BCUT2D eigenvalue weighted by atomic mass is 9.86. The number of ether oxygens (including phenoxy) is 1. The molecule has 7 heteroatoms. The second kappa shape index (κ2) is 9.49. The average molecular weight is 465 g/mol. The Balaban J connectivity index is 1.34. The van der Waals surface area contributed by atoms with Crippen LogP contribution in [0.4, 0.5) is 4.79 Å². The van der Waals surface area contributed by atoms with Gasteiger partial charge in [0.25, 0.3) is 0 Å². The van der Waals surface area contributed by atoms with Crippen LogP contribution in [-0.4, -0.2) is 54.2 Å². The molecule has 0 saturated carbocycles. The van der Waals surface area contributed by atoms with E-state index >= 15 is 0 Å². The summed E-state index contributed by atoms with van der Waals surface area (Å²) in [6.45, 7) is 6.51. The first-order valence-corrected chi connectivity index (χ1v) is 11.8. The Morgan fingerprint density at radius 1 is 1.03 bits per heavy atom. The van der Waals surface area contributed by atoms with Crippen LogP contribution in [0.2, 0.25) is 0 Å². The Bertz CT molecular complexity index is 1050. The van der Waals surface area contributed by atoms with E-state index in [9.17, 15) is 19.5 Å². The molecule has 0 radical (unpaired) electrons. The molecule has 2 aromatic rings. The zero-order valence-electron chi connectivity index (χ0n) is 19.9. The molecule has 7 nitrogen and oxygen atoms in total. The number of rotatable bonds is 6. The number of alkyl carbamates (subject to hydrolysis) is 1. The maximum atomic E-state index is 13.1. The zero-order chi connectivity index (χ0) is 24.5. The van der Waals surface area contributed by atoms with E-state index in [4.69, 9.17) is 4.74 Å². The zero-order valence-corrected chi connectivity index (χ0v) is 19.9. The SMILES string of the molecule is CC1CC(C(=O)O)CN(C(=O)C(C)(C)CNC(=O)OCC2c3ccccc3-c3ccccc32)C1. The molecule has 1 aliphatic carbocycles. The number of piperidine rings is 1. The molecular weight excluding hydrogens is 432 g/mol. The van der Waals surface area contributed by atoms with E-state index in [0.717, 1.165) is 22.3 Å². The number of hydrogen-bond acceptors (Lipinski definition) is 4. The van der Waals surface area contributed by atoms with Gasteiger partial charge >= 0.3 is 12.1 Å². The summed E-state index contributed by atoms with van der Waals surface area (Å²) in [6.07, 6.45) is -0.00414. The summed E-state index contributed by atoms with van der Waals surface area (Å²) in [7, 11) is 0. The standard InChI is InChI=1S/C27H32N2O5/c1-17-12-18(24(30)31)14-29(13-17)25(32)27(2,3)16-28-26(33)34-15-23-21-10-6-4-8-19(21)20-9-5-7-11-22(20)23/h4-11,17-18,23H,12-16H2,1-3H3,(H,28,33)(H,30,31). The predicted molar refractivity (Wildman–Crippen MR) is 128 cm³/mol. The Labute approximate surface area is 200 Å². The quantitative estimate of drug-likeness (QED) is 0.670. The van der Waals surface area contributed by atoms with Crippen molar-refractivity contribution in [3.63, 3.8) is 0 Å². The van der Waals surface area contributed by atoms with E-state index in [1.807, 2.05) is 31.2 Å². The molecule has 2 unspecified atom stereocenters. The molecule has 180 valence electrons. The molecule has 2 N–H and O–H groups in total. The number of carbonyl (C=O) groups is 3. The monoisotopic (exact) mass is 464 g/mol. The Hall–Kier alpha value is -3.35. The minimum absolute atomic E-state index is 0.0319. The summed E-state index contributed by atoms with van der Waals surface area (Å²) in [5.74, 6) is -1.51. The van der Waals surface area contributed by atoms with Crippen molar-refractivity contribution in [2.45, 2.75) is 33.1 Å². The van der Waals surface area contributed by atoms with Crippen molar-refractivity contribution in [1.82, 2.24) is 10.2 Å².